The maximum absolute atomic E-state index is 13.0. The minimum Gasteiger partial charge on any atom is -0.302 e. The van der Waals surface area contributed by atoms with Crippen molar-refractivity contribution in [2.24, 2.45) is 0 Å². The Morgan fingerprint density at radius 2 is 2.00 bits per heavy atom. The lowest BCUT2D eigenvalue weighted by atomic mass is 10.2. The van der Waals surface area contributed by atoms with Crippen molar-refractivity contribution in [3.8, 4) is 5.69 Å². The highest BCUT2D eigenvalue weighted by Gasteiger charge is 2.18. The molecule has 0 aliphatic rings. The van der Waals surface area contributed by atoms with Crippen molar-refractivity contribution >= 4 is 23.3 Å². The second kappa shape index (κ2) is 5.85. The van der Waals surface area contributed by atoms with Crippen LogP contribution in [-0.4, -0.2) is 25.9 Å². The summed E-state index contributed by atoms with van der Waals surface area (Å²) < 4.78 is 14.5. The van der Waals surface area contributed by atoms with Crippen LogP contribution in [0.3, 0.4) is 0 Å². The molecule has 2 N–H and O–H groups in total. The van der Waals surface area contributed by atoms with Gasteiger partial charge in [-0.2, -0.15) is 10.2 Å². The molecule has 2 heterocycles. The molecule has 23 heavy (non-hydrogen) atoms. The van der Waals surface area contributed by atoms with E-state index in [1.54, 1.807) is 32.2 Å². The highest BCUT2D eigenvalue weighted by molar-refractivity contribution is 6.34. The number of aryl methyl sites for hydroxylation is 2. The Morgan fingerprint density at radius 1 is 1.30 bits per heavy atom. The van der Waals surface area contributed by atoms with Crippen LogP contribution in [0, 0.1) is 19.7 Å². The third kappa shape index (κ3) is 2.95. The highest BCUT2D eigenvalue weighted by Crippen LogP contribution is 2.23. The molecule has 118 valence electrons. The van der Waals surface area contributed by atoms with Gasteiger partial charge in [0, 0.05) is 11.8 Å². The molecule has 0 atom stereocenters. The number of carbonyl (C=O) groups is 1. The summed E-state index contributed by atoms with van der Waals surface area (Å²) in [6.07, 6.45) is 1.69. The number of benzene rings is 1. The molecular formula is C15H13ClFN5O. The molecule has 0 bridgehead atoms. The number of carbonyl (C=O) groups excluding carboxylic acids is 1. The quantitative estimate of drug-likeness (QED) is 0.772. The van der Waals surface area contributed by atoms with Crippen molar-refractivity contribution in [1.82, 2.24) is 20.0 Å². The second-order valence-electron chi connectivity index (χ2n) is 5.05. The Morgan fingerprint density at radius 3 is 2.61 bits per heavy atom. The van der Waals surface area contributed by atoms with Gasteiger partial charge in [0.25, 0.3) is 5.91 Å². The van der Waals surface area contributed by atoms with Gasteiger partial charge in [0.1, 0.15) is 10.8 Å². The van der Waals surface area contributed by atoms with Crippen LogP contribution in [0.15, 0.2) is 30.5 Å². The summed E-state index contributed by atoms with van der Waals surface area (Å²) in [6.45, 7) is 3.51. The molecule has 0 aliphatic carbocycles. The minimum absolute atomic E-state index is 0.242. The average molecular weight is 334 g/mol. The zero-order valence-corrected chi connectivity index (χ0v) is 13.1. The summed E-state index contributed by atoms with van der Waals surface area (Å²) in [4.78, 5) is 12.3. The zero-order chi connectivity index (χ0) is 16.6. The summed E-state index contributed by atoms with van der Waals surface area (Å²) in [6, 6.07) is 5.82. The lowest BCUT2D eigenvalue weighted by Crippen LogP contribution is -2.14. The molecule has 6 nitrogen and oxygen atoms in total. The first-order valence-electron chi connectivity index (χ1n) is 6.79. The number of rotatable bonds is 3. The van der Waals surface area contributed by atoms with E-state index >= 15 is 0 Å². The molecule has 3 aromatic rings. The van der Waals surface area contributed by atoms with Crippen molar-refractivity contribution in [2.45, 2.75) is 13.8 Å². The van der Waals surface area contributed by atoms with E-state index < -0.39 is 5.91 Å². The lowest BCUT2D eigenvalue weighted by Gasteiger charge is -2.01. The van der Waals surface area contributed by atoms with Gasteiger partial charge in [-0.05, 0) is 38.1 Å². The van der Waals surface area contributed by atoms with Crippen molar-refractivity contribution in [3.63, 3.8) is 0 Å². The summed E-state index contributed by atoms with van der Waals surface area (Å²) in [5.41, 5.74) is 2.24. The van der Waals surface area contributed by atoms with Crippen LogP contribution in [0.4, 0.5) is 10.2 Å². The number of aromatic amines is 1. The van der Waals surface area contributed by atoms with Gasteiger partial charge < -0.3 is 5.32 Å². The fraction of sp³-hybridized carbons (Fsp3) is 0.133. The molecule has 0 radical (unpaired) electrons. The normalized spacial score (nSPS) is 10.8. The maximum atomic E-state index is 13.0. The highest BCUT2D eigenvalue weighted by atomic mass is 35.5. The molecule has 1 aromatic carbocycles. The van der Waals surface area contributed by atoms with Gasteiger partial charge in [-0.3, -0.25) is 9.89 Å². The molecule has 0 unspecified atom stereocenters. The maximum Gasteiger partial charge on any atom is 0.277 e. The summed E-state index contributed by atoms with van der Waals surface area (Å²) in [5.74, 6) is -0.499. The average Bonchev–Trinajstić information content (AvgIpc) is 3.06. The van der Waals surface area contributed by atoms with Crippen molar-refractivity contribution in [2.75, 3.05) is 5.32 Å². The van der Waals surface area contributed by atoms with Crippen LogP contribution in [-0.2, 0) is 0 Å². The van der Waals surface area contributed by atoms with Crippen LogP contribution < -0.4 is 5.32 Å². The standard InChI is InChI=1S/C15H13ClFN5O/c1-8-7-22(11-5-3-10(17)4-6-11)21-13(8)15(23)18-14-12(16)9(2)19-20-14/h3-7H,1-2H3,(H2,18,19,20,23). The number of halogens is 2. The van der Waals surface area contributed by atoms with Crippen molar-refractivity contribution in [3.05, 3.63) is 58.3 Å². The van der Waals surface area contributed by atoms with E-state index in [1.807, 2.05) is 0 Å². The minimum atomic E-state index is -0.420. The SMILES string of the molecule is Cc1cn(-c2ccc(F)cc2)nc1C(=O)Nc1n[nH]c(C)c1Cl. The van der Waals surface area contributed by atoms with Gasteiger partial charge in [-0.1, -0.05) is 11.6 Å². The molecule has 0 saturated carbocycles. The first-order valence-corrected chi connectivity index (χ1v) is 7.17. The molecule has 2 aromatic heterocycles. The van der Waals surface area contributed by atoms with Gasteiger partial charge >= 0.3 is 0 Å². The molecule has 8 heteroatoms. The van der Waals surface area contributed by atoms with Crippen molar-refractivity contribution in [1.29, 1.82) is 0 Å². The predicted molar refractivity (Wildman–Crippen MR) is 84.5 cm³/mol. The number of amides is 1. The molecule has 1 amide bonds. The molecule has 0 fully saturated rings. The Balaban J connectivity index is 1.87. The Hall–Kier alpha value is -2.67. The monoisotopic (exact) mass is 333 g/mol. The summed E-state index contributed by atoms with van der Waals surface area (Å²) >= 11 is 6.03. The fourth-order valence-electron chi connectivity index (χ4n) is 2.08. The number of nitrogens with zero attached hydrogens (tertiary/aromatic N) is 3. The fourth-order valence-corrected chi connectivity index (χ4v) is 2.21. The van der Waals surface area contributed by atoms with Gasteiger partial charge in [0.05, 0.1) is 11.4 Å². The Kier molecular flexibility index (Phi) is 3.87. The predicted octanol–water partition coefficient (Wildman–Crippen LogP) is 3.26. The van der Waals surface area contributed by atoms with Crippen LogP contribution in [0.1, 0.15) is 21.7 Å². The number of H-pyrrole nitrogens is 1. The first kappa shape index (κ1) is 15.2. The smallest absolute Gasteiger partial charge is 0.277 e. The number of hydrogen-bond donors (Lipinski definition) is 2. The van der Waals surface area contributed by atoms with E-state index in [0.717, 1.165) is 0 Å². The molecule has 0 spiro atoms. The number of anilines is 1. The topological polar surface area (TPSA) is 75.6 Å². The summed E-state index contributed by atoms with van der Waals surface area (Å²) in [7, 11) is 0. The Labute approximate surface area is 136 Å². The zero-order valence-electron chi connectivity index (χ0n) is 12.4. The molecule has 3 rings (SSSR count). The van der Waals surface area contributed by atoms with Crippen molar-refractivity contribution < 1.29 is 9.18 Å². The summed E-state index contributed by atoms with van der Waals surface area (Å²) in [5, 5.41) is 13.8. The van der Waals surface area contributed by atoms with E-state index in [9.17, 15) is 9.18 Å². The van der Waals surface area contributed by atoms with E-state index in [4.69, 9.17) is 11.6 Å². The number of hydrogen-bond acceptors (Lipinski definition) is 3. The number of nitrogens with one attached hydrogen (secondary N) is 2. The van der Waals surface area contributed by atoms with E-state index in [1.165, 1.54) is 16.8 Å². The van der Waals surface area contributed by atoms with Gasteiger partial charge in [-0.15, -0.1) is 0 Å². The van der Waals surface area contributed by atoms with Crippen LogP contribution in [0.25, 0.3) is 5.69 Å². The van der Waals surface area contributed by atoms with E-state index in [2.05, 4.69) is 20.6 Å². The molecular weight excluding hydrogens is 321 g/mol. The first-order chi connectivity index (χ1) is 11.0. The van der Waals surface area contributed by atoms with Crippen LogP contribution >= 0.6 is 11.6 Å². The van der Waals surface area contributed by atoms with E-state index in [0.29, 0.717) is 22.0 Å². The third-order valence-corrected chi connectivity index (χ3v) is 3.77. The van der Waals surface area contributed by atoms with Gasteiger partial charge in [0.2, 0.25) is 0 Å². The number of aromatic nitrogens is 4. The molecule has 0 saturated heterocycles. The molecule has 0 aliphatic heterocycles. The van der Waals surface area contributed by atoms with Gasteiger partial charge in [-0.25, -0.2) is 9.07 Å². The van der Waals surface area contributed by atoms with E-state index in [-0.39, 0.29) is 17.3 Å². The van der Waals surface area contributed by atoms with Crippen LogP contribution in [0.2, 0.25) is 5.02 Å². The largest absolute Gasteiger partial charge is 0.302 e. The second-order valence-corrected chi connectivity index (χ2v) is 5.42. The van der Waals surface area contributed by atoms with Gasteiger partial charge in [0.15, 0.2) is 11.5 Å². The van der Waals surface area contributed by atoms with Crippen LogP contribution in [0.5, 0.6) is 0 Å². The third-order valence-electron chi connectivity index (χ3n) is 3.31. The Bertz CT molecular complexity index is 869. The lowest BCUT2D eigenvalue weighted by molar-refractivity contribution is 0.102.